The van der Waals surface area contributed by atoms with Crippen LogP contribution < -0.4 is 20.1 Å². The first kappa shape index (κ1) is 10.7. The minimum Gasteiger partial charge on any atom is -0.486 e. The number of rotatable bonds is 2. The van der Waals surface area contributed by atoms with E-state index in [0.29, 0.717) is 13.2 Å². The van der Waals surface area contributed by atoms with Crippen molar-refractivity contribution < 1.29 is 9.47 Å². The third-order valence-electron chi connectivity index (χ3n) is 3.24. The van der Waals surface area contributed by atoms with Crippen LogP contribution in [0.1, 0.15) is 12.5 Å². The Morgan fingerprint density at radius 3 is 3.00 bits per heavy atom. The molecule has 0 spiro atoms. The monoisotopic (exact) mass is 234 g/mol. The van der Waals surface area contributed by atoms with Gasteiger partial charge in [-0.2, -0.15) is 0 Å². The third kappa shape index (κ3) is 1.82. The van der Waals surface area contributed by atoms with Crippen molar-refractivity contribution in [3.8, 4) is 11.5 Å². The maximum absolute atomic E-state index is 5.89. The lowest BCUT2D eigenvalue weighted by Gasteiger charge is -2.27. The molecule has 0 radical (unpaired) electrons. The van der Waals surface area contributed by atoms with Crippen molar-refractivity contribution in [2.24, 2.45) is 5.73 Å². The maximum atomic E-state index is 5.89. The Morgan fingerprint density at radius 1 is 1.35 bits per heavy atom. The summed E-state index contributed by atoms with van der Waals surface area (Å²) < 4.78 is 11.4. The van der Waals surface area contributed by atoms with Gasteiger partial charge in [0.1, 0.15) is 13.2 Å². The van der Waals surface area contributed by atoms with Crippen LogP contribution >= 0.6 is 0 Å². The zero-order valence-corrected chi connectivity index (χ0v) is 10.1. The van der Waals surface area contributed by atoms with E-state index in [9.17, 15) is 0 Å². The summed E-state index contributed by atoms with van der Waals surface area (Å²) in [6.07, 6.45) is 1.07. The molecule has 0 fully saturated rings. The Kier molecular flexibility index (Phi) is 2.59. The molecule has 2 N–H and O–H groups in total. The smallest absolute Gasteiger partial charge is 0.184 e. The molecule has 4 heteroatoms. The van der Waals surface area contributed by atoms with E-state index >= 15 is 0 Å². The number of benzene rings is 1. The van der Waals surface area contributed by atoms with Gasteiger partial charge in [0, 0.05) is 19.1 Å². The van der Waals surface area contributed by atoms with Crippen LogP contribution in [0.25, 0.3) is 0 Å². The fourth-order valence-electron chi connectivity index (χ4n) is 2.59. The van der Waals surface area contributed by atoms with Gasteiger partial charge in [-0.1, -0.05) is 6.07 Å². The van der Waals surface area contributed by atoms with Crippen molar-refractivity contribution >= 4 is 5.69 Å². The molecule has 1 aromatic rings. The van der Waals surface area contributed by atoms with Crippen LogP contribution in [0.4, 0.5) is 5.69 Å². The largest absolute Gasteiger partial charge is 0.486 e. The number of anilines is 1. The third-order valence-corrected chi connectivity index (χ3v) is 3.24. The van der Waals surface area contributed by atoms with Crippen molar-refractivity contribution in [2.45, 2.75) is 19.4 Å². The van der Waals surface area contributed by atoms with Gasteiger partial charge < -0.3 is 20.1 Å². The number of hydrogen-bond donors (Lipinski definition) is 1. The quantitative estimate of drug-likeness (QED) is 0.834. The highest BCUT2D eigenvalue weighted by Gasteiger charge is 2.28. The first-order valence-electron chi connectivity index (χ1n) is 6.17. The summed E-state index contributed by atoms with van der Waals surface area (Å²) in [6, 6.07) is 4.33. The van der Waals surface area contributed by atoms with E-state index in [1.807, 2.05) is 13.0 Å². The molecule has 0 aliphatic carbocycles. The van der Waals surface area contributed by atoms with E-state index in [1.165, 1.54) is 11.3 Å². The van der Waals surface area contributed by atoms with E-state index in [1.54, 1.807) is 0 Å². The summed E-state index contributed by atoms with van der Waals surface area (Å²) in [4.78, 5) is 2.31. The summed E-state index contributed by atoms with van der Waals surface area (Å²) >= 11 is 0. The molecule has 2 aliphatic heterocycles. The molecule has 3 rings (SSSR count). The van der Waals surface area contributed by atoms with Gasteiger partial charge in [0.25, 0.3) is 0 Å². The molecular weight excluding hydrogens is 216 g/mol. The molecule has 1 unspecified atom stereocenters. The number of hydrogen-bond acceptors (Lipinski definition) is 4. The Labute approximate surface area is 101 Å². The minimum absolute atomic E-state index is 0.168. The van der Waals surface area contributed by atoms with E-state index in [0.717, 1.165) is 31.0 Å². The van der Waals surface area contributed by atoms with Gasteiger partial charge in [-0.3, -0.25) is 0 Å². The summed E-state index contributed by atoms with van der Waals surface area (Å²) in [6.45, 7) is 5.20. The van der Waals surface area contributed by atoms with Crippen LogP contribution in [-0.2, 0) is 6.42 Å². The number of nitrogens with two attached hydrogens (primary N) is 1. The summed E-state index contributed by atoms with van der Waals surface area (Å²) in [5.41, 5.74) is 8.43. The fourth-order valence-corrected chi connectivity index (χ4v) is 2.59. The lowest BCUT2D eigenvalue weighted by atomic mass is 10.1. The zero-order chi connectivity index (χ0) is 11.8. The normalized spacial score (nSPS) is 19.1. The second kappa shape index (κ2) is 4.11. The predicted octanol–water partition coefficient (Wildman–Crippen LogP) is 1.17. The molecule has 0 aromatic heterocycles. The van der Waals surface area contributed by atoms with Gasteiger partial charge in [-0.15, -0.1) is 0 Å². The highest BCUT2D eigenvalue weighted by molar-refractivity contribution is 5.72. The molecule has 17 heavy (non-hydrogen) atoms. The van der Waals surface area contributed by atoms with Crippen LogP contribution in [0, 0.1) is 0 Å². The molecule has 4 nitrogen and oxygen atoms in total. The van der Waals surface area contributed by atoms with Crippen molar-refractivity contribution in [2.75, 3.05) is 31.2 Å². The lowest BCUT2D eigenvalue weighted by Crippen LogP contribution is -2.34. The summed E-state index contributed by atoms with van der Waals surface area (Å²) in [7, 11) is 0. The number of ether oxygens (including phenoxy) is 2. The van der Waals surface area contributed by atoms with Crippen LogP contribution in [0.15, 0.2) is 12.1 Å². The van der Waals surface area contributed by atoms with Gasteiger partial charge in [0.2, 0.25) is 0 Å². The number of fused-ring (bicyclic) bond motifs is 3. The van der Waals surface area contributed by atoms with E-state index < -0.39 is 0 Å². The van der Waals surface area contributed by atoms with Crippen molar-refractivity contribution in [3.05, 3.63) is 17.7 Å². The van der Waals surface area contributed by atoms with Crippen molar-refractivity contribution in [3.63, 3.8) is 0 Å². The minimum atomic E-state index is 0.168. The molecule has 92 valence electrons. The van der Waals surface area contributed by atoms with E-state index in [4.69, 9.17) is 15.2 Å². The average molecular weight is 234 g/mol. The molecule has 0 bridgehead atoms. The fraction of sp³-hybridized carbons (Fsp3) is 0.538. The Bertz CT molecular complexity index is 432. The molecule has 0 saturated heterocycles. The molecule has 2 aliphatic rings. The standard InChI is InChI=1S/C13H18N2O2/c1-9(14)8-15-5-4-10-2-3-11-13(12(10)15)17-7-6-16-11/h2-3,9H,4-8,14H2,1H3. The molecule has 1 aromatic carbocycles. The van der Waals surface area contributed by atoms with Gasteiger partial charge in [-0.05, 0) is 25.0 Å². The Morgan fingerprint density at radius 2 is 2.18 bits per heavy atom. The van der Waals surface area contributed by atoms with E-state index in [2.05, 4.69) is 11.0 Å². The summed E-state index contributed by atoms with van der Waals surface area (Å²) in [5, 5.41) is 0. The Balaban J connectivity index is 2.00. The first-order valence-corrected chi connectivity index (χ1v) is 6.17. The van der Waals surface area contributed by atoms with Crippen LogP contribution in [-0.4, -0.2) is 32.3 Å². The molecule has 0 saturated carbocycles. The molecule has 2 heterocycles. The highest BCUT2D eigenvalue weighted by atomic mass is 16.6. The van der Waals surface area contributed by atoms with Crippen LogP contribution in [0.2, 0.25) is 0 Å². The highest BCUT2D eigenvalue weighted by Crippen LogP contribution is 2.44. The van der Waals surface area contributed by atoms with E-state index in [-0.39, 0.29) is 6.04 Å². The SMILES string of the molecule is CC(N)CN1CCc2ccc3c(c21)OCCO3. The van der Waals surface area contributed by atoms with Crippen molar-refractivity contribution in [1.29, 1.82) is 0 Å². The zero-order valence-electron chi connectivity index (χ0n) is 10.1. The topological polar surface area (TPSA) is 47.7 Å². The summed E-state index contributed by atoms with van der Waals surface area (Å²) in [5.74, 6) is 1.78. The second-order valence-electron chi connectivity index (χ2n) is 4.77. The van der Waals surface area contributed by atoms with Crippen LogP contribution in [0.3, 0.4) is 0 Å². The number of nitrogens with zero attached hydrogens (tertiary/aromatic N) is 1. The first-order chi connectivity index (χ1) is 8.25. The Hall–Kier alpha value is -1.42. The predicted molar refractivity (Wildman–Crippen MR) is 67.0 cm³/mol. The lowest BCUT2D eigenvalue weighted by molar-refractivity contribution is 0.172. The van der Waals surface area contributed by atoms with Gasteiger partial charge >= 0.3 is 0 Å². The maximum Gasteiger partial charge on any atom is 0.184 e. The molecule has 0 amide bonds. The van der Waals surface area contributed by atoms with Crippen LogP contribution in [0.5, 0.6) is 11.5 Å². The van der Waals surface area contributed by atoms with Crippen molar-refractivity contribution in [1.82, 2.24) is 0 Å². The molecule has 1 atom stereocenters. The van der Waals surface area contributed by atoms with Gasteiger partial charge in [-0.25, -0.2) is 0 Å². The average Bonchev–Trinajstić information content (AvgIpc) is 2.72. The van der Waals surface area contributed by atoms with Gasteiger partial charge in [0.05, 0.1) is 5.69 Å². The molecular formula is C13H18N2O2. The van der Waals surface area contributed by atoms with Gasteiger partial charge in [0.15, 0.2) is 11.5 Å². The second-order valence-corrected chi connectivity index (χ2v) is 4.77.